The highest BCUT2D eigenvalue weighted by molar-refractivity contribution is 6.30. The van der Waals surface area contributed by atoms with Gasteiger partial charge in [0.2, 0.25) is 0 Å². The maximum absolute atomic E-state index is 6.09. The molecular formula is C19H25ClN2. The lowest BCUT2D eigenvalue weighted by molar-refractivity contribution is 0.674. The Labute approximate surface area is 138 Å². The molecule has 118 valence electrons. The molecule has 2 nitrogen and oxygen atoms in total. The Hall–Kier alpha value is -1.38. The summed E-state index contributed by atoms with van der Waals surface area (Å²) in [7, 11) is 0. The third kappa shape index (κ3) is 4.82. The van der Waals surface area contributed by atoms with Crippen molar-refractivity contribution in [1.29, 1.82) is 0 Å². The molecule has 0 bridgehead atoms. The molecule has 0 aliphatic rings. The van der Waals surface area contributed by atoms with E-state index in [1.807, 2.05) is 12.1 Å². The highest BCUT2D eigenvalue weighted by Crippen LogP contribution is 2.14. The molecule has 1 aromatic carbocycles. The van der Waals surface area contributed by atoms with E-state index in [9.17, 15) is 0 Å². The molecule has 0 amide bonds. The van der Waals surface area contributed by atoms with Crippen molar-refractivity contribution in [1.82, 2.24) is 10.3 Å². The smallest absolute Gasteiger partial charge is 0.0451 e. The summed E-state index contributed by atoms with van der Waals surface area (Å²) in [6, 6.07) is 10.5. The van der Waals surface area contributed by atoms with E-state index in [0.29, 0.717) is 0 Å². The van der Waals surface area contributed by atoms with E-state index >= 15 is 0 Å². The van der Waals surface area contributed by atoms with E-state index in [1.165, 1.54) is 28.1 Å². The van der Waals surface area contributed by atoms with Gasteiger partial charge in [-0.05, 0) is 54.7 Å². The van der Waals surface area contributed by atoms with Crippen LogP contribution in [0.1, 0.15) is 41.9 Å². The molecule has 0 saturated carbocycles. The van der Waals surface area contributed by atoms with Crippen LogP contribution in [0.3, 0.4) is 0 Å². The minimum atomic E-state index is 0.808. The topological polar surface area (TPSA) is 24.9 Å². The number of benzene rings is 1. The van der Waals surface area contributed by atoms with Crippen molar-refractivity contribution in [2.45, 2.75) is 46.6 Å². The predicted octanol–water partition coefficient (Wildman–Crippen LogP) is 4.50. The number of pyridine rings is 1. The van der Waals surface area contributed by atoms with Gasteiger partial charge in [-0.15, -0.1) is 0 Å². The lowest BCUT2D eigenvalue weighted by Gasteiger charge is -2.10. The molecule has 1 N–H and O–H groups in total. The molecule has 22 heavy (non-hydrogen) atoms. The number of aryl methyl sites for hydroxylation is 3. The number of nitrogens with zero attached hydrogens (tertiary/aromatic N) is 1. The summed E-state index contributed by atoms with van der Waals surface area (Å²) in [5.41, 5.74) is 6.21. The third-order valence-corrected chi connectivity index (χ3v) is 4.06. The predicted molar refractivity (Wildman–Crippen MR) is 94.6 cm³/mol. The first-order valence-electron chi connectivity index (χ1n) is 8.06. The van der Waals surface area contributed by atoms with Gasteiger partial charge in [0.25, 0.3) is 0 Å². The second-order valence-electron chi connectivity index (χ2n) is 5.68. The van der Waals surface area contributed by atoms with E-state index in [0.717, 1.165) is 37.4 Å². The van der Waals surface area contributed by atoms with Crippen LogP contribution in [0.15, 0.2) is 30.3 Å². The Bertz CT molecular complexity index is 603. The molecule has 3 heteroatoms. The molecule has 1 heterocycles. The lowest BCUT2D eigenvalue weighted by atomic mass is 10.1. The largest absolute Gasteiger partial charge is 0.312 e. The summed E-state index contributed by atoms with van der Waals surface area (Å²) in [5.74, 6) is 0. The van der Waals surface area contributed by atoms with Gasteiger partial charge in [-0.3, -0.25) is 4.98 Å². The molecule has 0 radical (unpaired) electrons. The van der Waals surface area contributed by atoms with Crippen LogP contribution in [-0.2, 0) is 25.8 Å². The second-order valence-corrected chi connectivity index (χ2v) is 6.12. The third-order valence-electron chi connectivity index (χ3n) is 3.84. The minimum absolute atomic E-state index is 0.808. The summed E-state index contributed by atoms with van der Waals surface area (Å²) in [5, 5.41) is 4.30. The average Bonchev–Trinajstić information content (AvgIpc) is 2.50. The van der Waals surface area contributed by atoms with Crippen LogP contribution in [0.2, 0.25) is 5.02 Å². The van der Waals surface area contributed by atoms with Crippen molar-refractivity contribution in [3.8, 4) is 0 Å². The number of halogens is 1. The number of hydrogen-bond acceptors (Lipinski definition) is 2. The van der Waals surface area contributed by atoms with Crippen LogP contribution in [-0.4, -0.2) is 11.5 Å². The standard InChI is InChI=1S/C19H25ClN2/c1-4-16-6-7-18(5-2)22-19(16)8-9-21-13-15-10-14(3)11-17(20)12-15/h6-7,10-12,21H,4-5,8-9,13H2,1-3H3. The Kier molecular flexibility index (Phi) is 6.41. The number of aromatic nitrogens is 1. The first-order valence-corrected chi connectivity index (χ1v) is 8.44. The van der Waals surface area contributed by atoms with Crippen molar-refractivity contribution in [3.05, 3.63) is 63.4 Å². The van der Waals surface area contributed by atoms with Crippen LogP contribution in [0.4, 0.5) is 0 Å². The summed E-state index contributed by atoms with van der Waals surface area (Å²) < 4.78 is 0. The Morgan fingerprint density at radius 2 is 1.91 bits per heavy atom. The first-order chi connectivity index (χ1) is 10.6. The van der Waals surface area contributed by atoms with Crippen LogP contribution < -0.4 is 5.32 Å². The van der Waals surface area contributed by atoms with Crippen molar-refractivity contribution >= 4 is 11.6 Å². The maximum Gasteiger partial charge on any atom is 0.0451 e. The Morgan fingerprint density at radius 1 is 1.09 bits per heavy atom. The molecule has 0 atom stereocenters. The SMILES string of the molecule is CCc1ccc(CC)c(CCNCc2cc(C)cc(Cl)c2)n1. The Balaban J connectivity index is 1.90. The Morgan fingerprint density at radius 3 is 2.59 bits per heavy atom. The zero-order valence-corrected chi connectivity index (χ0v) is 14.5. The van der Waals surface area contributed by atoms with E-state index in [4.69, 9.17) is 16.6 Å². The van der Waals surface area contributed by atoms with E-state index in [1.54, 1.807) is 0 Å². The zero-order chi connectivity index (χ0) is 15.9. The number of rotatable bonds is 7. The summed E-state index contributed by atoms with van der Waals surface area (Å²) in [6.45, 7) is 8.18. The fourth-order valence-corrected chi connectivity index (χ4v) is 2.98. The quantitative estimate of drug-likeness (QED) is 0.761. The summed E-state index contributed by atoms with van der Waals surface area (Å²) in [6.07, 6.45) is 3.00. The monoisotopic (exact) mass is 316 g/mol. The molecule has 0 spiro atoms. The van der Waals surface area contributed by atoms with Crippen molar-refractivity contribution < 1.29 is 0 Å². The van der Waals surface area contributed by atoms with Gasteiger partial charge in [-0.1, -0.05) is 37.6 Å². The summed E-state index contributed by atoms with van der Waals surface area (Å²) in [4.78, 5) is 4.77. The molecular weight excluding hydrogens is 292 g/mol. The molecule has 1 aromatic heterocycles. The van der Waals surface area contributed by atoms with Gasteiger partial charge in [0, 0.05) is 35.9 Å². The molecule has 0 unspecified atom stereocenters. The molecule has 0 saturated heterocycles. The minimum Gasteiger partial charge on any atom is -0.312 e. The number of nitrogens with one attached hydrogen (secondary N) is 1. The van der Waals surface area contributed by atoms with E-state index < -0.39 is 0 Å². The lowest BCUT2D eigenvalue weighted by Crippen LogP contribution is -2.18. The van der Waals surface area contributed by atoms with Crippen molar-refractivity contribution in [2.24, 2.45) is 0 Å². The van der Waals surface area contributed by atoms with E-state index in [2.05, 4.69) is 44.3 Å². The highest BCUT2D eigenvalue weighted by Gasteiger charge is 2.04. The first kappa shape index (κ1) is 17.0. The molecule has 2 rings (SSSR count). The molecule has 0 aliphatic carbocycles. The molecule has 0 fully saturated rings. The fraction of sp³-hybridized carbons (Fsp3) is 0.421. The van der Waals surface area contributed by atoms with Crippen LogP contribution in [0.25, 0.3) is 0 Å². The van der Waals surface area contributed by atoms with Gasteiger partial charge < -0.3 is 5.32 Å². The van der Waals surface area contributed by atoms with Crippen molar-refractivity contribution in [3.63, 3.8) is 0 Å². The molecule has 2 aromatic rings. The van der Waals surface area contributed by atoms with Gasteiger partial charge in [0.1, 0.15) is 0 Å². The van der Waals surface area contributed by atoms with Gasteiger partial charge >= 0.3 is 0 Å². The van der Waals surface area contributed by atoms with Crippen LogP contribution >= 0.6 is 11.6 Å². The van der Waals surface area contributed by atoms with Gasteiger partial charge in [-0.25, -0.2) is 0 Å². The molecule has 0 aliphatic heterocycles. The summed E-state index contributed by atoms with van der Waals surface area (Å²) >= 11 is 6.09. The second kappa shape index (κ2) is 8.30. The van der Waals surface area contributed by atoms with Crippen LogP contribution in [0.5, 0.6) is 0 Å². The average molecular weight is 317 g/mol. The fourth-order valence-electron chi connectivity index (χ4n) is 2.66. The van der Waals surface area contributed by atoms with Gasteiger partial charge in [0.15, 0.2) is 0 Å². The maximum atomic E-state index is 6.09. The van der Waals surface area contributed by atoms with Crippen molar-refractivity contribution in [2.75, 3.05) is 6.54 Å². The van der Waals surface area contributed by atoms with E-state index in [-0.39, 0.29) is 0 Å². The zero-order valence-electron chi connectivity index (χ0n) is 13.7. The highest BCUT2D eigenvalue weighted by atomic mass is 35.5. The van der Waals surface area contributed by atoms with Crippen LogP contribution in [0, 0.1) is 6.92 Å². The van der Waals surface area contributed by atoms with Gasteiger partial charge in [0.05, 0.1) is 0 Å². The number of hydrogen-bond donors (Lipinski definition) is 1. The normalized spacial score (nSPS) is 10.9. The van der Waals surface area contributed by atoms with Gasteiger partial charge in [-0.2, -0.15) is 0 Å².